The van der Waals surface area contributed by atoms with Crippen molar-refractivity contribution in [2.24, 2.45) is 0 Å². The van der Waals surface area contributed by atoms with Crippen molar-refractivity contribution >= 4 is 56.0 Å². The number of halogens is 1. The Kier molecular flexibility index (Phi) is 5.44. The maximum Gasteiger partial charge on any atom is 0.266 e. The molecule has 1 N–H and O–H groups in total. The molecule has 0 aromatic heterocycles. The quantitative estimate of drug-likeness (QED) is 0.591. The number of amides is 2. The number of carbonyl (C=O) groups excluding carboxylic acids is 2. The summed E-state index contributed by atoms with van der Waals surface area (Å²) in [5.74, 6) is -1.35. The second-order valence-corrected chi connectivity index (χ2v) is 9.89. The van der Waals surface area contributed by atoms with Gasteiger partial charge < -0.3 is 5.32 Å². The van der Waals surface area contributed by atoms with E-state index in [-0.39, 0.29) is 22.4 Å². The molecule has 26 heavy (non-hydrogen) atoms. The molecule has 0 bridgehead atoms. The van der Waals surface area contributed by atoms with Gasteiger partial charge in [0.2, 0.25) is 5.91 Å². The largest absolute Gasteiger partial charge is 0.351 e. The van der Waals surface area contributed by atoms with Gasteiger partial charge in [0.05, 0.1) is 16.4 Å². The van der Waals surface area contributed by atoms with Crippen LogP contribution in [0.3, 0.4) is 0 Å². The Morgan fingerprint density at radius 1 is 1.46 bits per heavy atom. The normalized spacial score (nSPS) is 23.7. The van der Waals surface area contributed by atoms with Crippen LogP contribution in [0.15, 0.2) is 29.2 Å². The van der Waals surface area contributed by atoms with E-state index in [0.717, 1.165) is 16.7 Å². The third kappa shape index (κ3) is 4.49. The number of benzene rings is 1. The lowest BCUT2D eigenvalue weighted by atomic mass is 10.2. The highest BCUT2D eigenvalue weighted by Gasteiger charge is 2.35. The molecule has 6 nitrogen and oxygen atoms in total. The zero-order chi connectivity index (χ0) is 18.9. The fraction of sp³-hybridized carbons (Fsp3) is 0.312. The minimum atomic E-state index is -3.10. The van der Waals surface area contributed by atoms with Crippen LogP contribution in [-0.4, -0.2) is 53.5 Å². The lowest BCUT2D eigenvalue weighted by molar-refractivity contribution is -0.129. The molecule has 0 aliphatic carbocycles. The summed E-state index contributed by atoms with van der Waals surface area (Å²) >= 11 is 6.19. The highest BCUT2D eigenvalue weighted by Crippen LogP contribution is 2.32. The molecule has 138 valence electrons. The molecular formula is C16H15FN2O4S3. The highest BCUT2D eigenvalue weighted by molar-refractivity contribution is 8.26. The highest BCUT2D eigenvalue weighted by atomic mass is 32.2. The number of rotatable bonds is 4. The van der Waals surface area contributed by atoms with Crippen molar-refractivity contribution < 1.29 is 22.4 Å². The van der Waals surface area contributed by atoms with Crippen molar-refractivity contribution in [3.8, 4) is 0 Å². The fourth-order valence-electron chi connectivity index (χ4n) is 2.71. The number of thioether (sulfide) groups is 1. The van der Waals surface area contributed by atoms with Gasteiger partial charge >= 0.3 is 0 Å². The first-order valence-corrected chi connectivity index (χ1v) is 10.8. The van der Waals surface area contributed by atoms with Crippen LogP contribution in [0.1, 0.15) is 12.0 Å². The van der Waals surface area contributed by atoms with Crippen LogP contribution in [0, 0.1) is 5.82 Å². The molecular weight excluding hydrogens is 399 g/mol. The smallest absolute Gasteiger partial charge is 0.266 e. The van der Waals surface area contributed by atoms with Gasteiger partial charge in [0, 0.05) is 6.04 Å². The zero-order valence-corrected chi connectivity index (χ0v) is 15.9. The van der Waals surface area contributed by atoms with Crippen LogP contribution in [0.2, 0.25) is 0 Å². The average molecular weight is 415 g/mol. The van der Waals surface area contributed by atoms with Gasteiger partial charge in [-0.25, -0.2) is 12.8 Å². The van der Waals surface area contributed by atoms with E-state index >= 15 is 0 Å². The van der Waals surface area contributed by atoms with Gasteiger partial charge in [0.15, 0.2) is 9.84 Å². The number of hydrogen-bond donors (Lipinski definition) is 1. The van der Waals surface area contributed by atoms with E-state index in [2.05, 4.69) is 5.32 Å². The fourth-order valence-corrected chi connectivity index (χ4v) is 5.64. The Balaban J connectivity index is 1.65. The minimum Gasteiger partial charge on any atom is -0.351 e. The molecule has 2 aliphatic rings. The number of hydrogen-bond acceptors (Lipinski definition) is 6. The summed E-state index contributed by atoms with van der Waals surface area (Å²) in [5.41, 5.74) is 0.520. The third-order valence-electron chi connectivity index (χ3n) is 3.92. The summed E-state index contributed by atoms with van der Waals surface area (Å²) in [5, 5.41) is 2.62. The standard InChI is InChI=1S/C16H15FN2O4S3/c17-11-3-1-2-10(6-11)7-13-15(21)19(16(24)25-13)8-14(20)18-12-4-5-26(22,23)9-12/h1-3,6-7,12H,4-5,8-9H2,(H,18,20)/b13-7-. The molecule has 2 amide bonds. The molecule has 0 spiro atoms. The van der Waals surface area contributed by atoms with Gasteiger partial charge in [-0.3, -0.25) is 14.5 Å². The second kappa shape index (κ2) is 7.45. The topological polar surface area (TPSA) is 83.6 Å². The van der Waals surface area contributed by atoms with E-state index in [1.54, 1.807) is 6.07 Å². The molecule has 10 heteroatoms. The van der Waals surface area contributed by atoms with Crippen molar-refractivity contribution in [3.05, 3.63) is 40.6 Å². The molecule has 1 aromatic rings. The summed E-state index contributed by atoms with van der Waals surface area (Å²) in [7, 11) is -3.10. The summed E-state index contributed by atoms with van der Waals surface area (Å²) in [6, 6.07) is 5.35. The average Bonchev–Trinajstić information content (AvgIpc) is 3.01. The molecule has 1 atom stereocenters. The molecule has 3 rings (SSSR count). The monoisotopic (exact) mass is 414 g/mol. The van der Waals surface area contributed by atoms with Crippen LogP contribution < -0.4 is 5.32 Å². The van der Waals surface area contributed by atoms with Gasteiger partial charge in [-0.15, -0.1) is 0 Å². The SMILES string of the molecule is O=C(CN1C(=O)/C(=C/c2cccc(F)c2)SC1=S)NC1CCS(=O)(=O)C1. The lowest BCUT2D eigenvalue weighted by Gasteiger charge is -2.16. The lowest BCUT2D eigenvalue weighted by Crippen LogP contribution is -2.43. The molecule has 2 saturated heterocycles. The number of thiocarbonyl (C=S) groups is 1. The van der Waals surface area contributed by atoms with Crippen LogP contribution in [0.4, 0.5) is 4.39 Å². The Morgan fingerprint density at radius 3 is 2.88 bits per heavy atom. The van der Waals surface area contributed by atoms with Gasteiger partial charge in [-0.1, -0.05) is 36.1 Å². The number of nitrogens with one attached hydrogen (secondary N) is 1. The Bertz CT molecular complexity index is 914. The van der Waals surface area contributed by atoms with Gasteiger partial charge in [0.25, 0.3) is 5.91 Å². The summed E-state index contributed by atoms with van der Waals surface area (Å²) in [6.07, 6.45) is 1.88. The Hall–Kier alpha value is -1.78. The van der Waals surface area contributed by atoms with Crippen molar-refractivity contribution in [1.82, 2.24) is 10.2 Å². The Morgan fingerprint density at radius 2 is 2.23 bits per heavy atom. The summed E-state index contributed by atoms with van der Waals surface area (Å²) in [6.45, 7) is -0.276. The van der Waals surface area contributed by atoms with E-state index in [1.807, 2.05) is 0 Å². The van der Waals surface area contributed by atoms with Crippen LogP contribution in [0.25, 0.3) is 6.08 Å². The van der Waals surface area contributed by atoms with Crippen molar-refractivity contribution in [2.45, 2.75) is 12.5 Å². The first-order valence-electron chi connectivity index (χ1n) is 7.74. The maximum absolute atomic E-state index is 13.3. The van der Waals surface area contributed by atoms with Crippen LogP contribution in [0.5, 0.6) is 0 Å². The van der Waals surface area contributed by atoms with E-state index < -0.39 is 33.5 Å². The summed E-state index contributed by atoms with van der Waals surface area (Å²) < 4.78 is 36.4. The molecule has 2 heterocycles. The maximum atomic E-state index is 13.3. The van der Waals surface area contributed by atoms with Crippen LogP contribution >= 0.6 is 24.0 Å². The molecule has 1 unspecified atom stereocenters. The molecule has 0 radical (unpaired) electrons. The second-order valence-electron chi connectivity index (χ2n) is 5.99. The summed E-state index contributed by atoms with van der Waals surface area (Å²) in [4.78, 5) is 26.0. The van der Waals surface area contributed by atoms with E-state index in [0.29, 0.717) is 16.9 Å². The van der Waals surface area contributed by atoms with Gasteiger partial charge in [-0.2, -0.15) is 0 Å². The predicted molar refractivity (Wildman–Crippen MR) is 101 cm³/mol. The molecule has 0 saturated carbocycles. The van der Waals surface area contributed by atoms with E-state index in [1.165, 1.54) is 24.3 Å². The van der Waals surface area contributed by atoms with Crippen molar-refractivity contribution in [2.75, 3.05) is 18.1 Å². The minimum absolute atomic E-state index is 0.0510. The first-order chi connectivity index (χ1) is 12.2. The molecule has 2 aliphatic heterocycles. The van der Waals surface area contributed by atoms with Crippen molar-refractivity contribution in [1.29, 1.82) is 0 Å². The van der Waals surface area contributed by atoms with Crippen LogP contribution in [-0.2, 0) is 19.4 Å². The van der Waals surface area contributed by atoms with Crippen molar-refractivity contribution in [3.63, 3.8) is 0 Å². The number of sulfone groups is 1. The first kappa shape index (κ1) is 19.0. The zero-order valence-electron chi connectivity index (χ0n) is 13.5. The Labute approximate surface area is 159 Å². The van der Waals surface area contributed by atoms with Gasteiger partial charge in [-0.05, 0) is 30.2 Å². The van der Waals surface area contributed by atoms with E-state index in [9.17, 15) is 22.4 Å². The third-order valence-corrected chi connectivity index (χ3v) is 7.07. The predicted octanol–water partition coefficient (Wildman–Crippen LogP) is 1.33. The number of nitrogens with zero attached hydrogens (tertiary/aromatic N) is 1. The van der Waals surface area contributed by atoms with E-state index in [4.69, 9.17) is 12.2 Å². The van der Waals surface area contributed by atoms with Gasteiger partial charge in [0.1, 0.15) is 16.7 Å². The molecule has 1 aromatic carbocycles. The molecule has 2 fully saturated rings. The number of carbonyl (C=O) groups is 2.